The Labute approximate surface area is 124 Å². The second-order valence-electron chi connectivity index (χ2n) is 5.54. The van der Waals surface area contributed by atoms with Crippen LogP contribution in [-0.2, 0) is 11.2 Å². The van der Waals surface area contributed by atoms with E-state index in [4.69, 9.17) is 10.5 Å². The Kier molecular flexibility index (Phi) is 5.56. The minimum atomic E-state index is -0.604. The Morgan fingerprint density at radius 1 is 1.48 bits per heavy atom. The van der Waals surface area contributed by atoms with Gasteiger partial charge in [0.25, 0.3) is 5.91 Å². The van der Waals surface area contributed by atoms with E-state index >= 15 is 0 Å². The molecule has 0 radical (unpaired) electrons. The number of carbonyl (C=O) groups is 1. The van der Waals surface area contributed by atoms with Crippen molar-refractivity contribution in [2.24, 2.45) is 5.73 Å². The van der Waals surface area contributed by atoms with Crippen LogP contribution in [0.2, 0.25) is 0 Å². The summed E-state index contributed by atoms with van der Waals surface area (Å²) in [5.74, 6) is 0.0784. The summed E-state index contributed by atoms with van der Waals surface area (Å²) in [5.41, 5.74) is 6.21. The van der Waals surface area contributed by atoms with E-state index in [1.54, 1.807) is 13.0 Å². The van der Waals surface area contributed by atoms with Gasteiger partial charge in [0.05, 0.1) is 0 Å². The number of benzene rings is 1. The molecule has 3 N–H and O–H groups in total. The molecule has 1 aromatic rings. The van der Waals surface area contributed by atoms with Gasteiger partial charge in [0.15, 0.2) is 6.10 Å². The average molecular weight is 294 g/mol. The standard InChI is InChI=1S/C16H23FN2O2/c1-11(16(20)19-14-4-2-3-5-14)21-15-7-6-13(17)10-12(15)8-9-18/h6-7,10-11,14H,2-5,8-9,18H2,1H3,(H,19,20). The Bertz CT molecular complexity index is 487. The molecule has 2 rings (SSSR count). The van der Waals surface area contributed by atoms with Crippen LogP contribution in [0.4, 0.5) is 4.39 Å². The topological polar surface area (TPSA) is 64.3 Å². The van der Waals surface area contributed by atoms with E-state index in [0.29, 0.717) is 24.3 Å². The highest BCUT2D eigenvalue weighted by Crippen LogP contribution is 2.22. The number of amides is 1. The summed E-state index contributed by atoms with van der Waals surface area (Å²) in [7, 11) is 0. The van der Waals surface area contributed by atoms with Crippen LogP contribution < -0.4 is 15.8 Å². The molecule has 21 heavy (non-hydrogen) atoms. The molecule has 1 aliphatic carbocycles. The van der Waals surface area contributed by atoms with Gasteiger partial charge in [-0.15, -0.1) is 0 Å². The first-order valence-electron chi connectivity index (χ1n) is 7.55. The summed E-state index contributed by atoms with van der Waals surface area (Å²) in [5, 5.41) is 3.00. The lowest BCUT2D eigenvalue weighted by Gasteiger charge is -2.19. The van der Waals surface area contributed by atoms with Crippen molar-refractivity contribution in [3.05, 3.63) is 29.6 Å². The van der Waals surface area contributed by atoms with Crippen molar-refractivity contribution in [1.82, 2.24) is 5.32 Å². The van der Waals surface area contributed by atoms with Crippen LogP contribution in [0.3, 0.4) is 0 Å². The van der Waals surface area contributed by atoms with Crippen LogP contribution in [0.15, 0.2) is 18.2 Å². The highest BCUT2D eigenvalue weighted by Gasteiger charge is 2.22. The fourth-order valence-corrected chi connectivity index (χ4v) is 2.65. The zero-order valence-corrected chi connectivity index (χ0v) is 12.4. The van der Waals surface area contributed by atoms with E-state index in [1.807, 2.05) is 0 Å². The Morgan fingerprint density at radius 2 is 2.19 bits per heavy atom. The number of hydrogen-bond acceptors (Lipinski definition) is 3. The van der Waals surface area contributed by atoms with Gasteiger partial charge >= 0.3 is 0 Å². The second-order valence-corrected chi connectivity index (χ2v) is 5.54. The van der Waals surface area contributed by atoms with Crippen molar-refractivity contribution in [1.29, 1.82) is 0 Å². The Hall–Kier alpha value is -1.62. The van der Waals surface area contributed by atoms with Crippen LogP contribution >= 0.6 is 0 Å². The van der Waals surface area contributed by atoms with Crippen molar-refractivity contribution in [3.63, 3.8) is 0 Å². The molecule has 0 bridgehead atoms. The predicted molar refractivity (Wildman–Crippen MR) is 79.6 cm³/mol. The summed E-state index contributed by atoms with van der Waals surface area (Å²) < 4.78 is 19.0. The van der Waals surface area contributed by atoms with Gasteiger partial charge in [-0.2, -0.15) is 0 Å². The van der Waals surface area contributed by atoms with Crippen LogP contribution in [0.25, 0.3) is 0 Å². The fraction of sp³-hybridized carbons (Fsp3) is 0.562. The quantitative estimate of drug-likeness (QED) is 0.845. The van der Waals surface area contributed by atoms with E-state index in [0.717, 1.165) is 12.8 Å². The molecule has 1 amide bonds. The number of halogens is 1. The Morgan fingerprint density at radius 3 is 2.86 bits per heavy atom. The molecule has 0 aliphatic heterocycles. The third kappa shape index (κ3) is 4.43. The normalized spacial score (nSPS) is 16.7. The molecule has 1 atom stereocenters. The van der Waals surface area contributed by atoms with Crippen LogP contribution in [0.1, 0.15) is 38.2 Å². The van der Waals surface area contributed by atoms with Crippen LogP contribution in [0.5, 0.6) is 5.75 Å². The summed E-state index contributed by atoms with van der Waals surface area (Å²) in [6.45, 7) is 2.11. The third-order valence-corrected chi connectivity index (χ3v) is 3.81. The smallest absolute Gasteiger partial charge is 0.260 e. The molecule has 0 saturated heterocycles. The number of carbonyl (C=O) groups excluding carboxylic acids is 1. The first kappa shape index (κ1) is 15.8. The van der Waals surface area contributed by atoms with Crippen molar-refractivity contribution < 1.29 is 13.9 Å². The van der Waals surface area contributed by atoms with E-state index in [2.05, 4.69) is 5.32 Å². The third-order valence-electron chi connectivity index (χ3n) is 3.81. The number of nitrogens with one attached hydrogen (secondary N) is 1. The molecule has 0 spiro atoms. The maximum absolute atomic E-state index is 13.3. The van der Waals surface area contributed by atoms with Crippen molar-refractivity contribution in [2.45, 2.75) is 51.2 Å². The molecule has 0 heterocycles. The molecule has 4 nitrogen and oxygen atoms in total. The summed E-state index contributed by atoms with van der Waals surface area (Å²) >= 11 is 0. The molecular weight excluding hydrogens is 271 g/mol. The Balaban J connectivity index is 1.97. The number of nitrogens with two attached hydrogens (primary N) is 1. The average Bonchev–Trinajstić information content (AvgIpc) is 2.95. The van der Waals surface area contributed by atoms with Crippen LogP contribution in [0, 0.1) is 5.82 Å². The monoisotopic (exact) mass is 294 g/mol. The van der Waals surface area contributed by atoms with Gasteiger partial charge in [0.1, 0.15) is 11.6 Å². The molecule has 1 fully saturated rings. The van der Waals surface area contributed by atoms with Crippen molar-refractivity contribution in [2.75, 3.05) is 6.54 Å². The SMILES string of the molecule is CC(Oc1ccc(F)cc1CCN)C(=O)NC1CCCC1. The molecule has 5 heteroatoms. The second kappa shape index (κ2) is 7.41. The molecule has 0 aromatic heterocycles. The largest absolute Gasteiger partial charge is 0.481 e. The molecule has 1 aliphatic rings. The van der Waals surface area contributed by atoms with Gasteiger partial charge in [0, 0.05) is 6.04 Å². The first-order valence-corrected chi connectivity index (χ1v) is 7.55. The molecule has 1 saturated carbocycles. The number of rotatable bonds is 6. The fourth-order valence-electron chi connectivity index (χ4n) is 2.65. The van der Waals surface area contributed by atoms with Gasteiger partial charge < -0.3 is 15.8 Å². The summed E-state index contributed by atoms with van der Waals surface area (Å²) in [6.07, 6.45) is 4.32. The zero-order valence-electron chi connectivity index (χ0n) is 12.4. The predicted octanol–water partition coefficient (Wildman–Crippen LogP) is 2.15. The zero-order chi connectivity index (χ0) is 15.2. The highest BCUT2D eigenvalue weighted by atomic mass is 19.1. The van der Waals surface area contributed by atoms with Gasteiger partial charge in [-0.05, 0) is 56.5 Å². The van der Waals surface area contributed by atoms with E-state index in [9.17, 15) is 9.18 Å². The van der Waals surface area contributed by atoms with Gasteiger partial charge in [-0.1, -0.05) is 12.8 Å². The molecule has 1 aromatic carbocycles. The van der Waals surface area contributed by atoms with Gasteiger partial charge in [0.2, 0.25) is 0 Å². The summed E-state index contributed by atoms with van der Waals surface area (Å²) in [6, 6.07) is 4.56. The van der Waals surface area contributed by atoms with E-state index < -0.39 is 6.10 Å². The lowest BCUT2D eigenvalue weighted by molar-refractivity contribution is -0.127. The van der Waals surface area contributed by atoms with Crippen LogP contribution in [-0.4, -0.2) is 24.6 Å². The lowest BCUT2D eigenvalue weighted by atomic mass is 10.1. The van der Waals surface area contributed by atoms with Gasteiger partial charge in [-0.25, -0.2) is 4.39 Å². The minimum Gasteiger partial charge on any atom is -0.481 e. The van der Waals surface area contributed by atoms with E-state index in [-0.39, 0.29) is 17.8 Å². The maximum atomic E-state index is 13.3. The first-order chi connectivity index (χ1) is 10.1. The van der Waals surface area contributed by atoms with E-state index in [1.165, 1.54) is 25.0 Å². The minimum absolute atomic E-state index is 0.120. The number of ether oxygens (including phenoxy) is 1. The van der Waals surface area contributed by atoms with Gasteiger partial charge in [-0.3, -0.25) is 4.79 Å². The van der Waals surface area contributed by atoms with Crippen molar-refractivity contribution in [3.8, 4) is 5.75 Å². The highest BCUT2D eigenvalue weighted by molar-refractivity contribution is 5.81. The lowest BCUT2D eigenvalue weighted by Crippen LogP contribution is -2.41. The molecule has 1 unspecified atom stereocenters. The maximum Gasteiger partial charge on any atom is 0.260 e. The van der Waals surface area contributed by atoms with Crippen molar-refractivity contribution >= 4 is 5.91 Å². The molecule has 116 valence electrons. The number of hydrogen-bond donors (Lipinski definition) is 2. The summed E-state index contributed by atoms with van der Waals surface area (Å²) in [4.78, 5) is 12.1. The molecular formula is C16H23FN2O2.